The number of hydrogen-bond donors (Lipinski definition) is 1. The van der Waals surface area contributed by atoms with Crippen molar-refractivity contribution in [2.45, 2.75) is 26.2 Å². The molecule has 0 aromatic heterocycles. The molecule has 0 bridgehead atoms. The summed E-state index contributed by atoms with van der Waals surface area (Å²) in [6, 6.07) is 5.36. The molecule has 1 aromatic rings. The highest BCUT2D eigenvalue weighted by Gasteiger charge is 2.18. The van der Waals surface area contributed by atoms with Crippen LogP contribution in [0.5, 0.6) is 0 Å². The molecule has 0 aliphatic carbocycles. The van der Waals surface area contributed by atoms with Crippen molar-refractivity contribution in [1.82, 2.24) is 10.4 Å². The highest BCUT2D eigenvalue weighted by Crippen LogP contribution is 2.24. The van der Waals surface area contributed by atoms with Gasteiger partial charge in [0.25, 0.3) is 5.91 Å². The van der Waals surface area contributed by atoms with E-state index in [1.54, 1.807) is 31.2 Å². The SMILES string of the molecule is CN(C)NC(=O)c1ccc(C(C)(C)C)cc1C=O. The van der Waals surface area contributed by atoms with Crippen molar-refractivity contribution in [3.8, 4) is 0 Å². The third-order valence-electron chi connectivity index (χ3n) is 2.61. The van der Waals surface area contributed by atoms with Crippen molar-refractivity contribution in [3.63, 3.8) is 0 Å². The summed E-state index contributed by atoms with van der Waals surface area (Å²) in [5.41, 5.74) is 4.43. The fourth-order valence-corrected chi connectivity index (χ4v) is 1.60. The normalized spacial score (nSPS) is 11.4. The van der Waals surface area contributed by atoms with E-state index in [-0.39, 0.29) is 11.3 Å². The summed E-state index contributed by atoms with van der Waals surface area (Å²) in [6.45, 7) is 6.20. The van der Waals surface area contributed by atoms with E-state index in [1.807, 2.05) is 6.07 Å². The molecule has 4 nitrogen and oxygen atoms in total. The maximum Gasteiger partial charge on any atom is 0.266 e. The van der Waals surface area contributed by atoms with Crippen LogP contribution < -0.4 is 5.43 Å². The van der Waals surface area contributed by atoms with Gasteiger partial charge in [0.2, 0.25) is 0 Å². The van der Waals surface area contributed by atoms with E-state index in [2.05, 4.69) is 26.2 Å². The van der Waals surface area contributed by atoms with Crippen molar-refractivity contribution < 1.29 is 9.59 Å². The van der Waals surface area contributed by atoms with E-state index < -0.39 is 0 Å². The van der Waals surface area contributed by atoms with Gasteiger partial charge >= 0.3 is 0 Å². The fraction of sp³-hybridized carbons (Fsp3) is 0.429. The lowest BCUT2D eigenvalue weighted by Gasteiger charge is -2.20. The third-order valence-corrected chi connectivity index (χ3v) is 2.61. The molecule has 1 aromatic carbocycles. The Kier molecular flexibility index (Phi) is 4.24. The minimum absolute atomic E-state index is 0.0473. The first kappa shape index (κ1) is 14.4. The zero-order chi connectivity index (χ0) is 13.9. The second-order valence-corrected chi connectivity index (χ2v) is 5.51. The average Bonchev–Trinajstić information content (AvgIpc) is 2.26. The van der Waals surface area contributed by atoms with Gasteiger partial charge in [0.15, 0.2) is 6.29 Å². The van der Waals surface area contributed by atoms with E-state index in [9.17, 15) is 9.59 Å². The molecule has 0 unspecified atom stereocenters. The first-order chi connectivity index (χ1) is 8.25. The first-order valence-corrected chi connectivity index (χ1v) is 5.83. The van der Waals surface area contributed by atoms with Crippen molar-refractivity contribution in [3.05, 3.63) is 34.9 Å². The topological polar surface area (TPSA) is 49.4 Å². The Morgan fingerprint density at radius 3 is 2.33 bits per heavy atom. The van der Waals surface area contributed by atoms with Crippen LogP contribution in [0.1, 0.15) is 47.1 Å². The van der Waals surface area contributed by atoms with E-state index in [4.69, 9.17) is 0 Å². The summed E-state index contributed by atoms with van der Waals surface area (Å²) >= 11 is 0. The van der Waals surface area contributed by atoms with Crippen LogP contribution in [0, 0.1) is 0 Å². The lowest BCUT2D eigenvalue weighted by atomic mass is 9.85. The number of hydrazine groups is 1. The molecule has 1 amide bonds. The number of aldehydes is 1. The number of carbonyl (C=O) groups excluding carboxylic acids is 2. The van der Waals surface area contributed by atoms with Gasteiger partial charge < -0.3 is 0 Å². The van der Waals surface area contributed by atoms with Crippen molar-refractivity contribution in [1.29, 1.82) is 0 Å². The number of benzene rings is 1. The highest BCUT2D eigenvalue weighted by molar-refractivity contribution is 6.01. The molecule has 18 heavy (non-hydrogen) atoms. The maximum absolute atomic E-state index is 11.9. The van der Waals surface area contributed by atoms with E-state index in [0.717, 1.165) is 11.8 Å². The number of rotatable bonds is 3. The molecule has 0 atom stereocenters. The van der Waals surface area contributed by atoms with Crippen LogP contribution in [0.25, 0.3) is 0 Å². The van der Waals surface area contributed by atoms with Crippen molar-refractivity contribution in [2.75, 3.05) is 14.1 Å². The second kappa shape index (κ2) is 5.31. The molecular weight excluding hydrogens is 228 g/mol. The summed E-state index contributed by atoms with van der Waals surface area (Å²) in [4.78, 5) is 23.0. The Morgan fingerprint density at radius 2 is 1.89 bits per heavy atom. The Hall–Kier alpha value is -1.68. The molecule has 0 saturated heterocycles. The lowest BCUT2D eigenvalue weighted by molar-refractivity contribution is 0.0853. The maximum atomic E-state index is 11.9. The summed E-state index contributed by atoms with van der Waals surface area (Å²) in [5, 5.41) is 1.55. The molecule has 0 saturated carbocycles. The Balaban J connectivity index is 3.16. The minimum Gasteiger partial charge on any atom is -0.298 e. The van der Waals surface area contributed by atoms with E-state index in [0.29, 0.717) is 11.1 Å². The molecule has 0 spiro atoms. The highest BCUT2D eigenvalue weighted by atomic mass is 16.2. The average molecular weight is 248 g/mol. The molecule has 0 aliphatic rings. The Labute approximate surface area is 108 Å². The van der Waals surface area contributed by atoms with Gasteiger partial charge in [0.1, 0.15) is 0 Å². The quantitative estimate of drug-likeness (QED) is 0.657. The van der Waals surface area contributed by atoms with Crippen LogP contribution in [-0.4, -0.2) is 31.3 Å². The van der Waals surface area contributed by atoms with Crippen molar-refractivity contribution >= 4 is 12.2 Å². The van der Waals surface area contributed by atoms with Gasteiger partial charge in [-0.05, 0) is 23.1 Å². The van der Waals surface area contributed by atoms with E-state index in [1.165, 1.54) is 0 Å². The molecule has 1 N–H and O–H groups in total. The second-order valence-electron chi connectivity index (χ2n) is 5.51. The molecule has 0 fully saturated rings. The standard InChI is InChI=1S/C14H20N2O2/c1-14(2,3)11-6-7-12(10(8-11)9-17)13(18)15-16(4)5/h6-9H,1-5H3,(H,15,18). The van der Waals surface area contributed by atoms with Crippen LogP contribution >= 0.6 is 0 Å². The lowest BCUT2D eigenvalue weighted by Crippen LogP contribution is -2.36. The van der Waals surface area contributed by atoms with Crippen LogP contribution in [0.4, 0.5) is 0 Å². The van der Waals surface area contributed by atoms with Crippen LogP contribution in [0.3, 0.4) is 0 Å². The monoisotopic (exact) mass is 248 g/mol. The number of amides is 1. The molecule has 0 heterocycles. The molecule has 1 rings (SSSR count). The Bertz CT molecular complexity index is 459. The summed E-state index contributed by atoms with van der Waals surface area (Å²) in [7, 11) is 3.45. The van der Waals surface area contributed by atoms with Gasteiger partial charge in [0.05, 0.1) is 5.56 Å². The number of hydrogen-bond acceptors (Lipinski definition) is 3. The zero-order valence-electron chi connectivity index (χ0n) is 11.6. The molecule has 0 radical (unpaired) electrons. The molecule has 4 heteroatoms. The van der Waals surface area contributed by atoms with E-state index >= 15 is 0 Å². The zero-order valence-corrected chi connectivity index (χ0v) is 11.6. The minimum atomic E-state index is -0.275. The van der Waals surface area contributed by atoms with Crippen LogP contribution in [-0.2, 0) is 5.41 Å². The third kappa shape index (κ3) is 3.40. The van der Waals surface area contributed by atoms with Gasteiger partial charge in [-0.15, -0.1) is 0 Å². The number of carbonyl (C=O) groups is 2. The predicted octanol–water partition coefficient (Wildman–Crippen LogP) is 2.00. The van der Waals surface area contributed by atoms with Gasteiger partial charge in [-0.1, -0.05) is 26.8 Å². The molecule has 98 valence electrons. The predicted molar refractivity (Wildman–Crippen MR) is 71.7 cm³/mol. The summed E-state index contributed by atoms with van der Waals surface area (Å²) < 4.78 is 0. The number of nitrogens with one attached hydrogen (secondary N) is 1. The Morgan fingerprint density at radius 1 is 1.28 bits per heavy atom. The largest absolute Gasteiger partial charge is 0.298 e. The fourth-order valence-electron chi connectivity index (χ4n) is 1.60. The molecule has 0 aliphatic heterocycles. The van der Waals surface area contributed by atoms with Gasteiger partial charge in [0, 0.05) is 19.7 Å². The number of nitrogens with zero attached hydrogens (tertiary/aromatic N) is 1. The van der Waals surface area contributed by atoms with Gasteiger partial charge in [-0.2, -0.15) is 0 Å². The van der Waals surface area contributed by atoms with Gasteiger partial charge in [-0.25, -0.2) is 5.01 Å². The van der Waals surface area contributed by atoms with Gasteiger partial charge in [-0.3, -0.25) is 15.0 Å². The smallest absolute Gasteiger partial charge is 0.266 e. The van der Waals surface area contributed by atoms with Crippen LogP contribution in [0.15, 0.2) is 18.2 Å². The first-order valence-electron chi connectivity index (χ1n) is 5.83. The summed E-state index contributed by atoms with van der Waals surface area (Å²) in [6.07, 6.45) is 0.722. The van der Waals surface area contributed by atoms with Crippen LogP contribution in [0.2, 0.25) is 0 Å². The molecular formula is C14H20N2O2. The van der Waals surface area contributed by atoms with Crippen molar-refractivity contribution in [2.24, 2.45) is 0 Å². The summed E-state index contributed by atoms with van der Waals surface area (Å²) in [5.74, 6) is -0.275.